The summed E-state index contributed by atoms with van der Waals surface area (Å²) in [6.07, 6.45) is 5.62. The second-order valence-corrected chi connectivity index (χ2v) is 9.25. The minimum atomic E-state index is -0.365. The van der Waals surface area contributed by atoms with Gasteiger partial charge in [-0.05, 0) is 85.2 Å². The molecule has 0 unspecified atom stereocenters. The molecule has 0 heterocycles. The number of carbonyl (C=O) groups is 2. The highest BCUT2D eigenvalue weighted by molar-refractivity contribution is 14.1. The number of hydrogen-bond acceptors (Lipinski definition) is 5. The van der Waals surface area contributed by atoms with E-state index in [1.165, 1.54) is 0 Å². The van der Waals surface area contributed by atoms with Gasteiger partial charge in [0.2, 0.25) is 0 Å². The van der Waals surface area contributed by atoms with E-state index in [-0.39, 0.29) is 30.0 Å². The SMILES string of the molecule is CCOc1cc(/C=C(/C#N)C(=O)NC2CCCC2)cc(I)c1OCC(=O)Nc1ccc(C)cc1. The molecule has 8 heteroatoms. The number of hydrogen-bond donors (Lipinski definition) is 2. The maximum absolute atomic E-state index is 12.5. The minimum absolute atomic E-state index is 0.0382. The van der Waals surface area contributed by atoms with Crippen LogP contribution in [-0.4, -0.2) is 31.1 Å². The van der Waals surface area contributed by atoms with Crippen LogP contribution in [0.2, 0.25) is 0 Å². The molecule has 1 aliphatic carbocycles. The van der Waals surface area contributed by atoms with Gasteiger partial charge in [-0.3, -0.25) is 9.59 Å². The van der Waals surface area contributed by atoms with Gasteiger partial charge in [0.25, 0.3) is 11.8 Å². The first-order chi connectivity index (χ1) is 16.4. The van der Waals surface area contributed by atoms with Crippen LogP contribution in [0.15, 0.2) is 42.0 Å². The van der Waals surface area contributed by atoms with Gasteiger partial charge in [0.05, 0.1) is 10.2 Å². The zero-order valence-corrected chi connectivity index (χ0v) is 21.5. The number of halogens is 1. The average Bonchev–Trinajstić information content (AvgIpc) is 3.31. The Morgan fingerprint density at radius 2 is 1.88 bits per heavy atom. The lowest BCUT2D eigenvalue weighted by Gasteiger charge is -2.15. The number of nitriles is 1. The van der Waals surface area contributed by atoms with Gasteiger partial charge in [0.15, 0.2) is 18.1 Å². The maximum Gasteiger partial charge on any atom is 0.262 e. The second-order valence-electron chi connectivity index (χ2n) is 8.09. The van der Waals surface area contributed by atoms with Crippen LogP contribution in [0.1, 0.15) is 43.7 Å². The molecule has 0 spiro atoms. The largest absolute Gasteiger partial charge is 0.490 e. The van der Waals surface area contributed by atoms with E-state index in [0.717, 1.165) is 31.2 Å². The third-order valence-corrected chi connectivity index (χ3v) is 6.18. The number of anilines is 1. The molecule has 2 aromatic rings. The highest BCUT2D eigenvalue weighted by Gasteiger charge is 2.20. The van der Waals surface area contributed by atoms with Crippen LogP contribution in [0.4, 0.5) is 5.69 Å². The molecule has 1 saturated carbocycles. The number of rotatable bonds is 9. The summed E-state index contributed by atoms with van der Waals surface area (Å²) >= 11 is 2.09. The lowest BCUT2D eigenvalue weighted by atomic mass is 10.1. The van der Waals surface area contributed by atoms with E-state index in [0.29, 0.717) is 32.9 Å². The predicted molar refractivity (Wildman–Crippen MR) is 140 cm³/mol. The van der Waals surface area contributed by atoms with Crippen LogP contribution in [0.3, 0.4) is 0 Å². The summed E-state index contributed by atoms with van der Waals surface area (Å²) in [5.41, 5.74) is 2.48. The Kier molecular flexibility index (Phi) is 9.33. The summed E-state index contributed by atoms with van der Waals surface area (Å²) in [6.45, 7) is 4.03. The quantitative estimate of drug-likeness (QED) is 0.251. The van der Waals surface area contributed by atoms with Crippen molar-refractivity contribution in [2.45, 2.75) is 45.6 Å². The third kappa shape index (κ3) is 7.22. The van der Waals surface area contributed by atoms with Crippen LogP contribution in [0.5, 0.6) is 11.5 Å². The fraction of sp³-hybridized carbons (Fsp3) is 0.346. The summed E-state index contributed by atoms with van der Waals surface area (Å²) in [7, 11) is 0. The van der Waals surface area contributed by atoms with Gasteiger partial charge >= 0.3 is 0 Å². The first-order valence-electron chi connectivity index (χ1n) is 11.3. The van der Waals surface area contributed by atoms with Gasteiger partial charge in [0.1, 0.15) is 11.6 Å². The molecular formula is C26H28IN3O4. The van der Waals surface area contributed by atoms with Gasteiger partial charge in [-0.25, -0.2) is 0 Å². The molecule has 2 N–H and O–H groups in total. The number of benzene rings is 2. The van der Waals surface area contributed by atoms with Crippen molar-refractivity contribution < 1.29 is 19.1 Å². The molecule has 2 amide bonds. The zero-order valence-electron chi connectivity index (χ0n) is 19.3. The summed E-state index contributed by atoms with van der Waals surface area (Å²) in [5, 5.41) is 15.3. The first kappa shape index (κ1) is 25.6. The lowest BCUT2D eigenvalue weighted by Crippen LogP contribution is -2.33. The fourth-order valence-corrected chi connectivity index (χ4v) is 4.48. The first-order valence-corrected chi connectivity index (χ1v) is 12.4. The van der Waals surface area contributed by atoms with Crippen molar-refractivity contribution in [3.63, 3.8) is 0 Å². The lowest BCUT2D eigenvalue weighted by molar-refractivity contribution is -0.118. The fourth-order valence-electron chi connectivity index (χ4n) is 3.69. The van der Waals surface area contributed by atoms with E-state index in [1.807, 2.05) is 44.2 Å². The predicted octanol–water partition coefficient (Wildman–Crippen LogP) is 4.98. The van der Waals surface area contributed by atoms with E-state index < -0.39 is 0 Å². The number of aryl methyl sites for hydroxylation is 1. The third-order valence-electron chi connectivity index (χ3n) is 5.38. The van der Waals surface area contributed by atoms with Crippen molar-refractivity contribution >= 4 is 46.2 Å². The van der Waals surface area contributed by atoms with Crippen molar-refractivity contribution in [3.8, 4) is 17.6 Å². The molecule has 34 heavy (non-hydrogen) atoms. The van der Waals surface area contributed by atoms with Gasteiger partial charge in [-0.1, -0.05) is 30.5 Å². The van der Waals surface area contributed by atoms with Crippen LogP contribution in [0.25, 0.3) is 6.08 Å². The highest BCUT2D eigenvalue weighted by atomic mass is 127. The Hall–Kier alpha value is -3.06. The van der Waals surface area contributed by atoms with E-state index in [1.54, 1.807) is 18.2 Å². The van der Waals surface area contributed by atoms with Gasteiger partial charge in [0, 0.05) is 11.7 Å². The van der Waals surface area contributed by atoms with Crippen LogP contribution < -0.4 is 20.1 Å². The van der Waals surface area contributed by atoms with Crippen LogP contribution in [0, 0.1) is 21.8 Å². The molecule has 1 aliphatic rings. The highest BCUT2D eigenvalue weighted by Crippen LogP contribution is 2.35. The molecule has 0 radical (unpaired) electrons. The monoisotopic (exact) mass is 573 g/mol. The summed E-state index contributed by atoms with van der Waals surface area (Å²) in [4.78, 5) is 24.9. The van der Waals surface area contributed by atoms with E-state index in [4.69, 9.17) is 9.47 Å². The molecule has 0 aromatic heterocycles. The Balaban J connectivity index is 1.73. The van der Waals surface area contributed by atoms with Gasteiger partial charge < -0.3 is 20.1 Å². The molecular weight excluding hydrogens is 545 g/mol. The minimum Gasteiger partial charge on any atom is -0.490 e. The number of nitrogens with one attached hydrogen (secondary N) is 2. The standard InChI is InChI=1S/C26H28IN3O4/c1-3-33-23-14-18(12-19(15-28)26(32)30-20-6-4-5-7-20)13-22(27)25(23)34-16-24(31)29-21-10-8-17(2)9-11-21/h8-14,20H,3-7,16H2,1-2H3,(H,29,31)(H,30,32)/b19-12-. The van der Waals surface area contributed by atoms with Crippen molar-refractivity contribution in [2.24, 2.45) is 0 Å². The van der Waals surface area contributed by atoms with Crippen molar-refractivity contribution in [3.05, 3.63) is 56.7 Å². The van der Waals surface area contributed by atoms with Crippen molar-refractivity contribution in [1.29, 1.82) is 5.26 Å². The molecule has 7 nitrogen and oxygen atoms in total. The summed E-state index contributed by atoms with van der Waals surface area (Å²) in [6, 6.07) is 13.1. The Morgan fingerprint density at radius 1 is 1.18 bits per heavy atom. The molecule has 178 valence electrons. The number of carbonyl (C=O) groups excluding carboxylic acids is 2. The van der Waals surface area contributed by atoms with E-state index in [9.17, 15) is 14.9 Å². The van der Waals surface area contributed by atoms with E-state index >= 15 is 0 Å². The second kappa shape index (κ2) is 12.4. The van der Waals surface area contributed by atoms with Crippen molar-refractivity contribution in [1.82, 2.24) is 5.32 Å². The number of nitrogens with zero attached hydrogens (tertiary/aromatic N) is 1. The summed E-state index contributed by atoms with van der Waals surface area (Å²) < 4.78 is 12.2. The molecule has 1 fully saturated rings. The Labute approximate surface area is 213 Å². The van der Waals surface area contributed by atoms with Crippen LogP contribution >= 0.6 is 22.6 Å². The number of amides is 2. The number of ether oxygens (including phenoxy) is 2. The topological polar surface area (TPSA) is 100 Å². The van der Waals surface area contributed by atoms with E-state index in [2.05, 4.69) is 33.2 Å². The molecule has 0 saturated heterocycles. The smallest absolute Gasteiger partial charge is 0.262 e. The average molecular weight is 573 g/mol. The molecule has 0 atom stereocenters. The van der Waals surface area contributed by atoms with Gasteiger partial charge in [-0.15, -0.1) is 0 Å². The molecule has 0 bridgehead atoms. The Morgan fingerprint density at radius 3 is 2.53 bits per heavy atom. The zero-order chi connectivity index (χ0) is 24.5. The summed E-state index contributed by atoms with van der Waals surface area (Å²) in [5.74, 6) is 0.224. The molecule has 2 aromatic carbocycles. The van der Waals surface area contributed by atoms with Gasteiger partial charge in [-0.2, -0.15) is 5.26 Å². The normalized spacial score (nSPS) is 13.8. The maximum atomic E-state index is 12.5. The van der Waals surface area contributed by atoms with Crippen LogP contribution in [-0.2, 0) is 9.59 Å². The molecule has 3 rings (SSSR count). The Bertz CT molecular complexity index is 1100. The molecule has 0 aliphatic heterocycles. The van der Waals surface area contributed by atoms with Crippen molar-refractivity contribution in [2.75, 3.05) is 18.5 Å².